The monoisotopic (exact) mass is 371 g/mol. The third-order valence-electron chi connectivity index (χ3n) is 4.60. The Morgan fingerprint density at radius 3 is 2.85 bits per heavy atom. The first-order chi connectivity index (χ1) is 13.1. The van der Waals surface area contributed by atoms with Gasteiger partial charge < -0.3 is 20.0 Å². The number of aliphatic imine (C=N–C) groups is 1. The number of furan rings is 1. The number of H-pyrrole nitrogens is 1. The summed E-state index contributed by atoms with van der Waals surface area (Å²) in [6, 6.07) is 8.77. The highest BCUT2D eigenvalue weighted by molar-refractivity contribution is 5.83. The maximum Gasteiger partial charge on any atom is 0.191 e. The van der Waals surface area contributed by atoms with E-state index in [-0.39, 0.29) is 11.9 Å². The Hall–Kier alpha value is -2.80. The maximum atomic E-state index is 13.5. The van der Waals surface area contributed by atoms with Crippen LogP contribution in [0.5, 0.6) is 0 Å². The van der Waals surface area contributed by atoms with Crippen molar-refractivity contribution in [3.63, 3.8) is 0 Å². The molecule has 1 atom stereocenters. The van der Waals surface area contributed by atoms with E-state index in [9.17, 15) is 4.39 Å². The minimum atomic E-state index is -0.221. The number of fused-ring (bicyclic) bond motifs is 1. The number of nitrogens with zero attached hydrogens (tertiary/aromatic N) is 2. The van der Waals surface area contributed by atoms with E-state index in [4.69, 9.17) is 4.42 Å². The third-order valence-corrected chi connectivity index (χ3v) is 4.60. The molecule has 2 aromatic heterocycles. The van der Waals surface area contributed by atoms with E-state index in [1.165, 1.54) is 6.07 Å². The molecule has 0 amide bonds. The zero-order chi connectivity index (χ0) is 19.2. The minimum Gasteiger partial charge on any atom is -0.468 e. The fourth-order valence-electron chi connectivity index (χ4n) is 3.11. The maximum absolute atomic E-state index is 13.5. The molecular formula is C20H26FN5O. The van der Waals surface area contributed by atoms with Crippen molar-refractivity contribution in [1.82, 2.24) is 20.5 Å². The van der Waals surface area contributed by atoms with Gasteiger partial charge in [-0.3, -0.25) is 9.89 Å². The highest BCUT2D eigenvalue weighted by Gasteiger charge is 2.17. The summed E-state index contributed by atoms with van der Waals surface area (Å²) in [5.74, 6) is 1.41. The number of aromatic amines is 1. The van der Waals surface area contributed by atoms with Crippen molar-refractivity contribution in [1.29, 1.82) is 0 Å². The molecule has 0 saturated carbocycles. The second kappa shape index (κ2) is 8.73. The minimum absolute atomic E-state index is 0.107. The predicted molar refractivity (Wildman–Crippen MR) is 106 cm³/mol. The molecule has 0 bridgehead atoms. The Bertz CT molecular complexity index is 885. The van der Waals surface area contributed by atoms with E-state index in [2.05, 4.69) is 25.5 Å². The molecule has 2 heterocycles. The molecule has 6 nitrogen and oxygen atoms in total. The van der Waals surface area contributed by atoms with Crippen LogP contribution >= 0.6 is 0 Å². The van der Waals surface area contributed by atoms with Gasteiger partial charge in [0.1, 0.15) is 11.6 Å². The van der Waals surface area contributed by atoms with Crippen LogP contribution in [-0.2, 0) is 6.42 Å². The third kappa shape index (κ3) is 4.68. The second-order valence-electron chi connectivity index (χ2n) is 6.63. The van der Waals surface area contributed by atoms with E-state index in [1.54, 1.807) is 25.4 Å². The smallest absolute Gasteiger partial charge is 0.191 e. The Morgan fingerprint density at radius 1 is 1.30 bits per heavy atom. The van der Waals surface area contributed by atoms with E-state index >= 15 is 0 Å². The van der Waals surface area contributed by atoms with Gasteiger partial charge in [-0.25, -0.2) is 4.39 Å². The number of halogens is 1. The molecule has 27 heavy (non-hydrogen) atoms. The Morgan fingerprint density at radius 2 is 2.15 bits per heavy atom. The zero-order valence-corrected chi connectivity index (χ0v) is 15.9. The molecule has 0 aliphatic rings. The molecule has 3 N–H and O–H groups in total. The van der Waals surface area contributed by atoms with Crippen LogP contribution in [-0.4, -0.2) is 50.1 Å². The summed E-state index contributed by atoms with van der Waals surface area (Å²) >= 11 is 0. The number of aromatic nitrogens is 1. The molecule has 1 aromatic carbocycles. The number of likely N-dealkylation sites (N-methyl/N-ethyl adjacent to an activating group) is 1. The fraction of sp³-hybridized carbons (Fsp3) is 0.350. The van der Waals surface area contributed by atoms with Crippen molar-refractivity contribution < 1.29 is 8.81 Å². The summed E-state index contributed by atoms with van der Waals surface area (Å²) in [7, 11) is 5.77. The summed E-state index contributed by atoms with van der Waals surface area (Å²) in [6.45, 7) is 1.36. The number of benzene rings is 1. The number of hydrogen-bond donors (Lipinski definition) is 3. The lowest BCUT2D eigenvalue weighted by atomic mass is 10.1. The van der Waals surface area contributed by atoms with Crippen molar-refractivity contribution in [2.24, 2.45) is 4.99 Å². The largest absolute Gasteiger partial charge is 0.468 e. The molecule has 0 fully saturated rings. The number of guanidine groups is 1. The van der Waals surface area contributed by atoms with Crippen molar-refractivity contribution in [2.75, 3.05) is 34.2 Å². The highest BCUT2D eigenvalue weighted by atomic mass is 19.1. The molecule has 0 aliphatic carbocycles. The van der Waals surface area contributed by atoms with Gasteiger partial charge in [0, 0.05) is 37.2 Å². The molecule has 7 heteroatoms. The van der Waals surface area contributed by atoms with Crippen LogP contribution in [0.15, 0.2) is 52.2 Å². The van der Waals surface area contributed by atoms with Gasteiger partial charge in [0.15, 0.2) is 5.96 Å². The molecule has 0 aliphatic heterocycles. The SMILES string of the molecule is CN=C(NCCc1c[nH]c2ccc(F)cc12)NCC(c1ccco1)N(C)C. The lowest BCUT2D eigenvalue weighted by Crippen LogP contribution is -2.42. The van der Waals surface area contributed by atoms with Crippen molar-refractivity contribution >= 4 is 16.9 Å². The van der Waals surface area contributed by atoms with Crippen LogP contribution in [0.25, 0.3) is 10.9 Å². The molecule has 0 radical (unpaired) electrons. The van der Waals surface area contributed by atoms with E-state index in [0.29, 0.717) is 13.1 Å². The molecular weight excluding hydrogens is 345 g/mol. The first kappa shape index (κ1) is 19.0. The van der Waals surface area contributed by atoms with Crippen LogP contribution in [0, 0.1) is 5.82 Å². The Labute approximate surface area is 158 Å². The van der Waals surface area contributed by atoms with E-state index in [0.717, 1.165) is 34.6 Å². The van der Waals surface area contributed by atoms with Gasteiger partial charge >= 0.3 is 0 Å². The average Bonchev–Trinajstić information content (AvgIpc) is 3.30. The molecule has 0 spiro atoms. The molecule has 0 saturated heterocycles. The quantitative estimate of drug-likeness (QED) is 0.441. The topological polar surface area (TPSA) is 68.6 Å². The van der Waals surface area contributed by atoms with E-state index in [1.807, 2.05) is 32.4 Å². The van der Waals surface area contributed by atoms with E-state index < -0.39 is 0 Å². The number of nitrogens with one attached hydrogen (secondary N) is 3. The van der Waals surface area contributed by atoms with Crippen LogP contribution in [0.3, 0.4) is 0 Å². The second-order valence-corrected chi connectivity index (χ2v) is 6.63. The Balaban J connectivity index is 1.54. The molecule has 1 unspecified atom stereocenters. The van der Waals surface area contributed by atoms with Crippen molar-refractivity contribution in [3.05, 3.63) is 59.9 Å². The molecule has 3 rings (SSSR count). The summed E-state index contributed by atoms with van der Waals surface area (Å²) < 4.78 is 19.0. The van der Waals surface area contributed by atoms with Crippen molar-refractivity contribution in [3.8, 4) is 0 Å². The average molecular weight is 371 g/mol. The van der Waals surface area contributed by atoms with Gasteiger partial charge in [-0.05, 0) is 56.4 Å². The summed E-state index contributed by atoms with van der Waals surface area (Å²) in [6.07, 6.45) is 4.38. The zero-order valence-electron chi connectivity index (χ0n) is 15.9. The van der Waals surface area contributed by atoms with Crippen molar-refractivity contribution in [2.45, 2.75) is 12.5 Å². The van der Waals surface area contributed by atoms with Gasteiger partial charge in [0.05, 0.1) is 12.3 Å². The summed E-state index contributed by atoms with van der Waals surface area (Å²) in [5.41, 5.74) is 2.02. The molecule has 144 valence electrons. The summed E-state index contributed by atoms with van der Waals surface area (Å²) in [4.78, 5) is 9.55. The van der Waals surface area contributed by atoms with Gasteiger partial charge in [-0.15, -0.1) is 0 Å². The van der Waals surface area contributed by atoms with Gasteiger partial charge in [-0.1, -0.05) is 0 Å². The first-order valence-corrected chi connectivity index (χ1v) is 8.98. The summed E-state index contributed by atoms with van der Waals surface area (Å²) in [5, 5.41) is 7.57. The van der Waals surface area contributed by atoms with Crippen LogP contribution in [0.1, 0.15) is 17.4 Å². The van der Waals surface area contributed by atoms with Gasteiger partial charge in [-0.2, -0.15) is 0 Å². The van der Waals surface area contributed by atoms with Crippen LogP contribution in [0.4, 0.5) is 4.39 Å². The van der Waals surface area contributed by atoms with Gasteiger partial charge in [0.25, 0.3) is 0 Å². The normalized spacial score (nSPS) is 13.3. The highest BCUT2D eigenvalue weighted by Crippen LogP contribution is 2.20. The standard InChI is InChI=1S/C20H26FN5O/c1-22-20(25-13-18(26(2)3)19-5-4-10-27-19)23-9-8-14-12-24-17-7-6-15(21)11-16(14)17/h4-7,10-12,18,24H,8-9,13H2,1-3H3,(H2,22,23,25). The molecule has 3 aromatic rings. The van der Waals surface area contributed by atoms with Gasteiger partial charge in [0.2, 0.25) is 0 Å². The van der Waals surface area contributed by atoms with Crippen LogP contribution < -0.4 is 10.6 Å². The first-order valence-electron chi connectivity index (χ1n) is 8.98. The predicted octanol–water partition coefficient (Wildman–Crippen LogP) is 2.91. The lowest BCUT2D eigenvalue weighted by molar-refractivity contribution is 0.258. The number of hydrogen-bond acceptors (Lipinski definition) is 3. The Kier molecular flexibility index (Phi) is 6.13. The lowest BCUT2D eigenvalue weighted by Gasteiger charge is -2.23. The van der Waals surface area contributed by atoms with Crippen LogP contribution in [0.2, 0.25) is 0 Å². The fourth-order valence-corrected chi connectivity index (χ4v) is 3.11. The number of rotatable bonds is 7.